The summed E-state index contributed by atoms with van der Waals surface area (Å²) in [6.07, 6.45) is 1.20. The third kappa shape index (κ3) is 3.69. The highest BCUT2D eigenvalue weighted by Gasteiger charge is 2.38. The maximum absolute atomic E-state index is 12.5. The summed E-state index contributed by atoms with van der Waals surface area (Å²) in [4.78, 5) is 28.4. The lowest BCUT2D eigenvalue weighted by molar-refractivity contribution is 0.0923. The van der Waals surface area contributed by atoms with Gasteiger partial charge in [0, 0.05) is 40.0 Å². The van der Waals surface area contributed by atoms with Gasteiger partial charge in [0.25, 0.3) is 5.91 Å². The number of carbonyl (C=O) groups excluding carboxylic acids is 2. The lowest BCUT2D eigenvalue weighted by Crippen LogP contribution is -2.43. The highest BCUT2D eigenvalue weighted by Crippen LogP contribution is 2.29. The number of amides is 1. The first-order valence-corrected chi connectivity index (χ1v) is 9.82. The zero-order valence-corrected chi connectivity index (χ0v) is 15.6. The van der Waals surface area contributed by atoms with E-state index in [0.717, 1.165) is 28.4 Å². The first kappa shape index (κ1) is 17.3. The molecule has 0 aliphatic carbocycles. The topological polar surface area (TPSA) is 49.4 Å². The van der Waals surface area contributed by atoms with Crippen LogP contribution >= 0.6 is 11.8 Å². The highest BCUT2D eigenvalue weighted by atomic mass is 32.2. The molecule has 1 amide bonds. The van der Waals surface area contributed by atoms with E-state index in [2.05, 4.69) is 10.2 Å². The molecule has 4 rings (SSSR count). The molecular weight excluding hydrogens is 344 g/mol. The predicted octanol–water partition coefficient (Wildman–Crippen LogP) is 3.47. The van der Waals surface area contributed by atoms with Gasteiger partial charge >= 0.3 is 0 Å². The van der Waals surface area contributed by atoms with Crippen LogP contribution in [0, 0.1) is 5.92 Å². The van der Waals surface area contributed by atoms with Crippen LogP contribution in [0.1, 0.15) is 34.1 Å². The smallest absolute Gasteiger partial charge is 0.251 e. The van der Waals surface area contributed by atoms with E-state index in [1.54, 1.807) is 18.7 Å². The SMILES string of the molecule is CC(=O)c1ccc(Sc2ccc(C(=O)NC3CN4CC[C@H]3C4)cc2)cc1. The average Bonchev–Trinajstić information content (AvgIpc) is 3.26. The molecule has 2 aliphatic rings. The van der Waals surface area contributed by atoms with E-state index in [1.165, 1.54) is 13.0 Å². The third-order valence-electron chi connectivity index (χ3n) is 5.26. The number of hydrogen-bond acceptors (Lipinski definition) is 4. The number of ketones is 1. The minimum absolute atomic E-state index is 0.0195. The second-order valence-corrected chi connectivity index (χ2v) is 8.24. The van der Waals surface area contributed by atoms with Crippen LogP contribution in [0.5, 0.6) is 0 Å². The third-order valence-corrected chi connectivity index (χ3v) is 6.28. The van der Waals surface area contributed by atoms with Gasteiger partial charge in [0.1, 0.15) is 0 Å². The first-order chi connectivity index (χ1) is 12.6. The zero-order chi connectivity index (χ0) is 18.1. The van der Waals surface area contributed by atoms with E-state index in [9.17, 15) is 9.59 Å². The summed E-state index contributed by atoms with van der Waals surface area (Å²) in [5, 5.41) is 3.19. The standard InChI is InChI=1S/C21H22N2O2S/c1-14(24)15-2-6-18(7-3-15)26-19-8-4-16(5-9-19)21(25)22-20-13-23-11-10-17(20)12-23/h2-9,17,20H,10-13H2,1H3,(H,22,25)/t17-,20?/m0/s1. The van der Waals surface area contributed by atoms with Gasteiger partial charge in [-0.2, -0.15) is 0 Å². The van der Waals surface area contributed by atoms with E-state index in [4.69, 9.17) is 0 Å². The Hall–Kier alpha value is -2.11. The number of benzene rings is 2. The lowest BCUT2D eigenvalue weighted by Gasteiger charge is -2.23. The van der Waals surface area contributed by atoms with E-state index >= 15 is 0 Å². The number of rotatable bonds is 5. The minimum Gasteiger partial charge on any atom is -0.348 e. The second-order valence-electron chi connectivity index (χ2n) is 7.10. The van der Waals surface area contributed by atoms with E-state index < -0.39 is 0 Å². The van der Waals surface area contributed by atoms with Crippen LogP contribution in [0.2, 0.25) is 0 Å². The summed E-state index contributed by atoms with van der Waals surface area (Å²) in [5.41, 5.74) is 1.43. The zero-order valence-electron chi connectivity index (χ0n) is 14.8. The Bertz CT molecular complexity index is 817. The first-order valence-electron chi connectivity index (χ1n) is 9.00. The van der Waals surface area contributed by atoms with Gasteiger partial charge in [-0.25, -0.2) is 0 Å². The molecule has 0 saturated carbocycles. The normalized spacial score (nSPS) is 23.8. The van der Waals surface area contributed by atoms with Gasteiger partial charge in [0.2, 0.25) is 0 Å². The molecule has 2 aliphatic heterocycles. The lowest BCUT2D eigenvalue weighted by atomic mass is 9.99. The highest BCUT2D eigenvalue weighted by molar-refractivity contribution is 7.99. The summed E-state index contributed by atoms with van der Waals surface area (Å²) in [6.45, 7) is 4.86. The van der Waals surface area contributed by atoms with E-state index in [-0.39, 0.29) is 11.7 Å². The van der Waals surface area contributed by atoms with Gasteiger partial charge in [0.15, 0.2) is 5.78 Å². The maximum atomic E-state index is 12.5. The van der Waals surface area contributed by atoms with E-state index in [1.807, 2.05) is 48.5 Å². The molecule has 3 atom stereocenters. The molecule has 2 aromatic carbocycles. The maximum Gasteiger partial charge on any atom is 0.251 e. The van der Waals surface area contributed by atoms with Crippen molar-refractivity contribution in [3.63, 3.8) is 0 Å². The van der Waals surface area contributed by atoms with Crippen LogP contribution in [-0.2, 0) is 0 Å². The Morgan fingerprint density at radius 2 is 1.58 bits per heavy atom. The van der Waals surface area contributed by atoms with Gasteiger partial charge in [-0.3, -0.25) is 9.59 Å². The molecule has 0 spiro atoms. The second kappa shape index (κ2) is 7.25. The van der Waals surface area contributed by atoms with Crippen molar-refractivity contribution < 1.29 is 9.59 Å². The van der Waals surface area contributed by atoms with Gasteiger partial charge in [-0.05, 0) is 62.2 Å². The molecular formula is C21H22N2O2S. The number of piperidine rings is 1. The predicted molar refractivity (Wildman–Crippen MR) is 103 cm³/mol. The van der Waals surface area contributed by atoms with Gasteiger partial charge in [-0.15, -0.1) is 0 Å². The average molecular weight is 366 g/mol. The number of hydrogen-bond donors (Lipinski definition) is 1. The molecule has 26 heavy (non-hydrogen) atoms. The van der Waals surface area contributed by atoms with Crippen molar-refractivity contribution in [2.75, 3.05) is 19.6 Å². The monoisotopic (exact) mass is 366 g/mol. The van der Waals surface area contributed by atoms with Crippen molar-refractivity contribution in [3.8, 4) is 0 Å². The van der Waals surface area contributed by atoms with Crippen LogP contribution < -0.4 is 5.32 Å². The summed E-state index contributed by atoms with van der Waals surface area (Å²) in [6, 6.07) is 15.6. The Kier molecular flexibility index (Phi) is 4.83. The van der Waals surface area contributed by atoms with Crippen LogP contribution in [0.3, 0.4) is 0 Å². The molecule has 4 nitrogen and oxygen atoms in total. The fraction of sp³-hybridized carbons (Fsp3) is 0.333. The van der Waals surface area contributed by atoms with Crippen molar-refractivity contribution in [3.05, 3.63) is 59.7 Å². The fourth-order valence-electron chi connectivity index (χ4n) is 3.77. The molecule has 2 unspecified atom stereocenters. The van der Waals surface area contributed by atoms with Crippen molar-refractivity contribution in [2.24, 2.45) is 5.92 Å². The number of nitrogens with zero attached hydrogens (tertiary/aromatic N) is 1. The number of nitrogens with one attached hydrogen (secondary N) is 1. The van der Waals surface area contributed by atoms with Crippen LogP contribution in [-0.4, -0.2) is 42.3 Å². The van der Waals surface area contributed by atoms with Crippen LogP contribution in [0.4, 0.5) is 0 Å². The van der Waals surface area contributed by atoms with Gasteiger partial charge in [-0.1, -0.05) is 23.9 Å². The number of fused-ring (bicyclic) bond motifs is 2. The summed E-state index contributed by atoms with van der Waals surface area (Å²) < 4.78 is 0. The largest absolute Gasteiger partial charge is 0.348 e. The van der Waals surface area contributed by atoms with Crippen LogP contribution in [0.15, 0.2) is 58.3 Å². The summed E-state index contributed by atoms with van der Waals surface area (Å²) >= 11 is 1.62. The Balaban J connectivity index is 1.37. The summed E-state index contributed by atoms with van der Waals surface area (Å²) in [7, 11) is 0. The molecule has 1 N–H and O–H groups in total. The van der Waals surface area contributed by atoms with Crippen molar-refractivity contribution >= 4 is 23.5 Å². The molecule has 2 saturated heterocycles. The van der Waals surface area contributed by atoms with Crippen molar-refractivity contribution in [2.45, 2.75) is 29.2 Å². The number of carbonyl (C=O) groups is 2. The molecule has 134 valence electrons. The Labute approximate surface area is 158 Å². The molecule has 2 fully saturated rings. The van der Waals surface area contributed by atoms with Crippen molar-refractivity contribution in [1.29, 1.82) is 0 Å². The molecule has 0 aromatic heterocycles. The molecule has 2 heterocycles. The fourth-order valence-corrected chi connectivity index (χ4v) is 4.58. The molecule has 2 bridgehead atoms. The Morgan fingerprint density at radius 1 is 0.962 bits per heavy atom. The van der Waals surface area contributed by atoms with Gasteiger partial charge < -0.3 is 10.2 Å². The van der Waals surface area contributed by atoms with Gasteiger partial charge in [0.05, 0.1) is 0 Å². The minimum atomic E-state index is 0.0195. The molecule has 2 aromatic rings. The quantitative estimate of drug-likeness (QED) is 0.823. The molecule has 5 heteroatoms. The van der Waals surface area contributed by atoms with E-state index in [0.29, 0.717) is 17.5 Å². The summed E-state index contributed by atoms with van der Waals surface area (Å²) in [5.74, 6) is 0.710. The molecule has 0 radical (unpaired) electrons. The van der Waals surface area contributed by atoms with Crippen LogP contribution in [0.25, 0.3) is 0 Å². The Morgan fingerprint density at radius 3 is 2.08 bits per heavy atom. The van der Waals surface area contributed by atoms with Crippen molar-refractivity contribution in [1.82, 2.24) is 10.2 Å². The number of Topliss-reactive ketones (excluding diaryl/α,β-unsaturated/α-hetero) is 1.